The molecule has 0 saturated heterocycles. The Morgan fingerprint density at radius 2 is 0.565 bits per heavy atom. The molecule has 3 aliphatic carbocycles. The molecule has 3 heterocycles. The summed E-state index contributed by atoms with van der Waals surface area (Å²) in [6.07, 6.45) is 6.03. The summed E-state index contributed by atoms with van der Waals surface area (Å²) in [6.45, 7) is 0. The fourth-order valence-corrected chi connectivity index (χ4v) is 21.2. The molecule has 18 aromatic carbocycles. The molecule has 24 rings (SSSR count). The Morgan fingerprint density at radius 1 is 0.226 bits per heavy atom. The maximum Gasteiger partial charge on any atom is 0.0714 e. The van der Waals surface area contributed by atoms with Crippen LogP contribution < -0.4 is 0 Å². The zero-order valence-corrected chi connectivity index (χ0v) is 63.0. The lowest BCUT2D eigenvalue weighted by Crippen LogP contribution is -2.29. The minimum absolute atomic E-state index is 0.0573. The summed E-state index contributed by atoms with van der Waals surface area (Å²) in [5.74, 6) is 0. The average molecular weight is 1460 g/mol. The Labute approximate surface area is 666 Å². The minimum Gasteiger partial charge on any atom is -0.333 e. The van der Waals surface area contributed by atoms with E-state index in [1.54, 1.807) is 0 Å². The Hall–Kier alpha value is -14.6. The highest BCUT2D eigenvalue weighted by atomic mass is 15.0. The van der Waals surface area contributed by atoms with Gasteiger partial charge in [-0.25, -0.2) is 0 Å². The largest absolute Gasteiger partial charge is 0.333 e. The third kappa shape index (κ3) is 9.47. The smallest absolute Gasteiger partial charge is 0.0714 e. The third-order valence-corrected chi connectivity index (χ3v) is 25.9. The van der Waals surface area contributed by atoms with E-state index >= 15 is 0 Å². The van der Waals surface area contributed by atoms with Gasteiger partial charge in [-0.2, -0.15) is 0 Å². The number of rotatable bonds is 11. The number of aromatic nitrogens is 3. The summed E-state index contributed by atoms with van der Waals surface area (Å²) in [5, 5.41) is 12.3. The van der Waals surface area contributed by atoms with Crippen molar-refractivity contribution in [2.45, 2.75) is 23.3 Å². The molecule has 0 bridgehead atoms. The van der Waals surface area contributed by atoms with Crippen LogP contribution in [0, 0.1) is 0 Å². The van der Waals surface area contributed by atoms with Crippen LogP contribution in [-0.4, -0.2) is 13.7 Å². The highest BCUT2D eigenvalue weighted by Gasteiger charge is 2.50. The normalized spacial score (nSPS) is 14.6. The van der Waals surface area contributed by atoms with Crippen molar-refractivity contribution in [3.05, 3.63) is 475 Å². The van der Waals surface area contributed by atoms with E-state index in [4.69, 9.17) is 0 Å². The Kier molecular flexibility index (Phi) is 14.4. The number of para-hydroxylation sites is 2. The molecule has 3 aromatic heterocycles. The highest BCUT2D eigenvalue weighted by Crippen LogP contribution is 2.61. The van der Waals surface area contributed by atoms with Crippen LogP contribution >= 0.6 is 0 Å². The first-order chi connectivity index (χ1) is 57.1. The highest BCUT2D eigenvalue weighted by molar-refractivity contribution is 6.22. The van der Waals surface area contributed by atoms with Crippen molar-refractivity contribution in [1.82, 2.24) is 13.7 Å². The summed E-state index contributed by atoms with van der Waals surface area (Å²) in [5.41, 5.74) is 33.5. The zero-order valence-electron chi connectivity index (χ0n) is 63.0. The Bertz CT molecular complexity index is 7510. The van der Waals surface area contributed by atoms with Gasteiger partial charge in [-0.1, -0.05) is 340 Å². The molecule has 3 heteroatoms. The molecular formula is C112H73N3. The molecule has 536 valence electrons. The first kappa shape index (κ1) is 65.1. The second-order valence-corrected chi connectivity index (χ2v) is 31.5. The summed E-state index contributed by atoms with van der Waals surface area (Å²) in [6, 6.07) is 155. The lowest BCUT2D eigenvalue weighted by atomic mass is 9.66. The number of allylic oxidation sites excluding steroid dienone is 4. The molecule has 1 unspecified atom stereocenters. The predicted molar refractivity (Wildman–Crippen MR) is 481 cm³/mol. The summed E-state index contributed by atoms with van der Waals surface area (Å²) in [7, 11) is 0. The number of hydrogen-bond acceptors (Lipinski definition) is 0. The summed E-state index contributed by atoms with van der Waals surface area (Å²) >= 11 is 0. The number of nitrogens with zero attached hydrogens (tertiary/aromatic N) is 3. The molecule has 115 heavy (non-hydrogen) atoms. The van der Waals surface area contributed by atoms with Crippen molar-refractivity contribution < 1.29 is 0 Å². The monoisotopic (exact) mass is 1460 g/mol. The Balaban J connectivity index is 0.664. The van der Waals surface area contributed by atoms with Gasteiger partial charge in [0, 0.05) is 54.7 Å². The number of benzene rings is 18. The van der Waals surface area contributed by atoms with Crippen molar-refractivity contribution in [3.8, 4) is 67.0 Å². The van der Waals surface area contributed by atoms with Crippen LogP contribution in [0.3, 0.4) is 0 Å². The van der Waals surface area contributed by atoms with E-state index in [0.717, 1.165) is 34.4 Å². The third-order valence-electron chi connectivity index (χ3n) is 25.9. The van der Waals surface area contributed by atoms with E-state index in [-0.39, 0.29) is 6.04 Å². The van der Waals surface area contributed by atoms with Crippen molar-refractivity contribution >= 4 is 92.5 Å². The van der Waals surface area contributed by atoms with E-state index in [2.05, 4.69) is 438 Å². The molecule has 0 spiro atoms. The van der Waals surface area contributed by atoms with Gasteiger partial charge in [-0.05, 0) is 224 Å². The van der Waals surface area contributed by atoms with Crippen LogP contribution in [0.25, 0.3) is 160 Å². The molecule has 1 atom stereocenters. The fraction of sp³-hybridized carbons (Fsp3) is 0.0357. The van der Waals surface area contributed by atoms with Crippen molar-refractivity contribution in [2.24, 2.45) is 0 Å². The van der Waals surface area contributed by atoms with Gasteiger partial charge < -0.3 is 13.7 Å². The van der Waals surface area contributed by atoms with E-state index in [1.165, 1.54) is 182 Å². The van der Waals surface area contributed by atoms with Crippen LogP contribution in [0.5, 0.6) is 0 Å². The van der Waals surface area contributed by atoms with E-state index in [0.29, 0.717) is 0 Å². The molecule has 21 aromatic rings. The number of fused-ring (bicyclic) bond motifs is 17. The maximum absolute atomic E-state index is 2.64. The quantitative estimate of drug-likeness (QED) is 0.115. The number of hydrogen-bond donors (Lipinski definition) is 0. The van der Waals surface area contributed by atoms with Crippen LogP contribution in [-0.2, 0) is 10.8 Å². The minimum atomic E-state index is -0.528. The van der Waals surface area contributed by atoms with Gasteiger partial charge in [0.15, 0.2) is 0 Å². The van der Waals surface area contributed by atoms with E-state index in [9.17, 15) is 0 Å². The second-order valence-electron chi connectivity index (χ2n) is 31.5. The van der Waals surface area contributed by atoms with Crippen molar-refractivity contribution in [1.29, 1.82) is 0 Å². The second kappa shape index (κ2) is 25.4. The maximum atomic E-state index is 2.64. The molecule has 0 amide bonds. The molecule has 0 radical (unpaired) electrons. The van der Waals surface area contributed by atoms with Crippen LogP contribution in [0.4, 0.5) is 0 Å². The first-order valence-corrected chi connectivity index (χ1v) is 40.3. The van der Waals surface area contributed by atoms with Gasteiger partial charge in [-0.3, -0.25) is 0 Å². The van der Waals surface area contributed by atoms with Crippen molar-refractivity contribution in [2.75, 3.05) is 0 Å². The SMILES string of the molecule is C1=C2C(=CC(n3c4ccccc4c4cc(-c5ccc6c(c5)c5cc(-c7ccc8c(c7)c7ccccc7n8-c7ccc8c(c7)C(c7ccccc7)(c7ccccc7)c7ccccc7-8)ccc5n6-c5ccc(-c6c7ccccc7c(-c7ccccc7)c7ccccc67)cc5)ccc43)C1)C(c1ccccc1)(c1ccccc1)c1ccccc12. The molecule has 0 N–H and O–H groups in total. The molecule has 3 aliphatic rings. The standard InChI is InChI=1S/C112H73N3/c1-6-28-72(29-7-1)109-91-42-16-18-44-93(91)110(94-45-19-17-43-92(94)109)73-50-56-82(57-51-73)113-107-64-54-76(74-52-62-105-95(66-74)89-40-22-26-48-103(89)114(105)83-58-60-87-85-38-20-24-46-99(85)111(101(87)70-83,78-30-8-2-9-31-78)79-32-10-3-11-33-79)68-97(107)98-69-77(55-65-108(98)113)75-53-63-106-96(67-75)90-41-23-27-49-104(90)115(106)84-59-61-88-86-39-21-25-47-100(86)112(102(88)71-84,80-34-12-4-13-35-80)81-36-14-5-15-37-81/h1-58,60-71,84H,59H2. The Morgan fingerprint density at radius 3 is 1.09 bits per heavy atom. The van der Waals surface area contributed by atoms with Gasteiger partial charge in [-0.15, -0.1) is 0 Å². The zero-order chi connectivity index (χ0) is 75.5. The molecule has 0 aliphatic heterocycles. The summed E-state index contributed by atoms with van der Waals surface area (Å²) in [4.78, 5) is 0. The van der Waals surface area contributed by atoms with Gasteiger partial charge in [0.1, 0.15) is 0 Å². The predicted octanol–water partition coefficient (Wildman–Crippen LogP) is 28.6. The van der Waals surface area contributed by atoms with Crippen LogP contribution in [0.15, 0.2) is 430 Å². The van der Waals surface area contributed by atoms with Crippen LogP contribution in [0.2, 0.25) is 0 Å². The van der Waals surface area contributed by atoms with Gasteiger partial charge in [0.2, 0.25) is 0 Å². The lowest BCUT2D eigenvalue weighted by Gasteiger charge is -2.36. The van der Waals surface area contributed by atoms with Gasteiger partial charge in [0.25, 0.3) is 0 Å². The van der Waals surface area contributed by atoms with Gasteiger partial charge >= 0.3 is 0 Å². The van der Waals surface area contributed by atoms with E-state index < -0.39 is 10.8 Å². The van der Waals surface area contributed by atoms with Crippen LogP contribution in [0.1, 0.15) is 57.0 Å². The topological polar surface area (TPSA) is 14.8 Å². The lowest BCUT2D eigenvalue weighted by molar-refractivity contribution is 0.631. The first-order valence-electron chi connectivity index (χ1n) is 40.3. The van der Waals surface area contributed by atoms with E-state index in [1.807, 2.05) is 0 Å². The molecular weight excluding hydrogens is 1390 g/mol. The molecule has 0 fully saturated rings. The fourth-order valence-electron chi connectivity index (χ4n) is 21.2. The summed E-state index contributed by atoms with van der Waals surface area (Å²) < 4.78 is 7.63. The average Bonchev–Trinajstić information content (AvgIpc) is 1.51. The molecule has 0 saturated carbocycles. The van der Waals surface area contributed by atoms with Crippen molar-refractivity contribution in [3.63, 3.8) is 0 Å². The van der Waals surface area contributed by atoms with Gasteiger partial charge in [0.05, 0.1) is 38.9 Å². The molecule has 3 nitrogen and oxygen atoms in total.